The molecule has 1 spiro atoms. The molecule has 6 nitrogen and oxygen atoms in total. The van der Waals surface area contributed by atoms with Crippen LogP contribution in [0.4, 0.5) is 5.69 Å². The Morgan fingerprint density at radius 1 is 1.00 bits per heavy atom. The Morgan fingerprint density at radius 2 is 1.64 bits per heavy atom. The molecule has 2 aliphatic rings. The Kier molecular flexibility index (Phi) is 7.29. The van der Waals surface area contributed by atoms with Crippen LogP contribution in [0.3, 0.4) is 0 Å². The van der Waals surface area contributed by atoms with E-state index in [1.165, 1.54) is 12.8 Å². The van der Waals surface area contributed by atoms with E-state index < -0.39 is 0 Å². The second-order valence-electron chi connectivity index (χ2n) is 8.25. The van der Waals surface area contributed by atoms with Gasteiger partial charge < -0.3 is 14.5 Å². The van der Waals surface area contributed by atoms with Crippen molar-refractivity contribution in [1.82, 2.24) is 9.88 Å². The van der Waals surface area contributed by atoms with Crippen LogP contribution in [-0.4, -0.2) is 55.0 Å². The minimum absolute atomic E-state index is 0.145. The van der Waals surface area contributed by atoms with Gasteiger partial charge in [0, 0.05) is 57.1 Å². The highest BCUT2D eigenvalue weighted by atomic mass is 16.5. The molecule has 154 valence electrons. The topological polar surface area (TPSA) is 62.7 Å². The molecule has 0 N–H and O–H groups in total. The summed E-state index contributed by atoms with van der Waals surface area (Å²) >= 11 is 0. The molecule has 1 amide bonds. The Bertz CT molecular complexity index is 642. The molecule has 6 heteroatoms. The maximum atomic E-state index is 12.6. The normalized spacial score (nSPS) is 18.5. The zero-order chi connectivity index (χ0) is 19.8. The maximum absolute atomic E-state index is 12.6. The number of unbranched alkanes of at least 4 members (excludes halogenated alkanes) is 3. The van der Waals surface area contributed by atoms with Gasteiger partial charge in [0.2, 0.25) is 5.91 Å². The average Bonchev–Trinajstić information content (AvgIpc) is 3.15. The number of likely N-dealkylation sites (tertiary alicyclic amines) is 1. The Balaban J connectivity index is 1.35. The van der Waals surface area contributed by atoms with Gasteiger partial charge in [0.25, 0.3) is 0 Å². The number of amides is 1. The van der Waals surface area contributed by atoms with Crippen LogP contribution in [0.2, 0.25) is 0 Å². The number of methoxy groups -OCH3 is 1. The number of nitrogens with zero attached hydrogens (tertiary/aromatic N) is 3. The lowest BCUT2D eigenvalue weighted by Crippen LogP contribution is -2.42. The Morgan fingerprint density at radius 3 is 2.32 bits per heavy atom. The van der Waals surface area contributed by atoms with Crippen LogP contribution < -0.4 is 4.90 Å². The first-order valence-corrected chi connectivity index (χ1v) is 10.6. The van der Waals surface area contributed by atoms with Gasteiger partial charge in [-0.25, -0.2) is 0 Å². The summed E-state index contributed by atoms with van der Waals surface area (Å²) in [5.41, 5.74) is 1.57. The molecule has 0 atom stereocenters. The highest BCUT2D eigenvalue weighted by Gasteiger charge is 2.41. The van der Waals surface area contributed by atoms with Crippen LogP contribution in [0.5, 0.6) is 0 Å². The number of carbonyl (C=O) groups excluding carboxylic acids is 2. The van der Waals surface area contributed by atoms with Crippen LogP contribution in [0.25, 0.3) is 0 Å². The molecule has 0 bridgehead atoms. The highest BCUT2D eigenvalue weighted by molar-refractivity contribution is 5.76. The standard InChI is InChI=1S/C22H33N3O3/c1-28-21(27)7-5-3-2-4-6-20(26)25-17-12-22(18-25)10-15-24(16-11-22)19-8-13-23-14-9-19/h8-9,13-14H,2-7,10-12,15-18H2,1H3. The van der Waals surface area contributed by atoms with Gasteiger partial charge in [-0.2, -0.15) is 0 Å². The van der Waals surface area contributed by atoms with E-state index in [2.05, 4.69) is 31.7 Å². The molecule has 2 fully saturated rings. The lowest BCUT2D eigenvalue weighted by Gasteiger charge is -2.40. The quantitative estimate of drug-likeness (QED) is 0.505. The van der Waals surface area contributed by atoms with E-state index in [1.807, 2.05) is 12.4 Å². The fourth-order valence-electron chi connectivity index (χ4n) is 4.51. The monoisotopic (exact) mass is 387 g/mol. The number of anilines is 1. The molecular formula is C22H33N3O3. The summed E-state index contributed by atoms with van der Waals surface area (Å²) in [4.78, 5) is 32.3. The molecule has 3 heterocycles. The fraction of sp³-hybridized carbons (Fsp3) is 0.682. The van der Waals surface area contributed by atoms with Crippen molar-refractivity contribution in [1.29, 1.82) is 0 Å². The number of pyridine rings is 1. The Hall–Kier alpha value is -2.11. The van der Waals surface area contributed by atoms with Gasteiger partial charge in [-0.05, 0) is 49.7 Å². The summed E-state index contributed by atoms with van der Waals surface area (Å²) in [7, 11) is 1.42. The van der Waals surface area contributed by atoms with E-state index in [0.717, 1.165) is 71.1 Å². The van der Waals surface area contributed by atoms with Crippen molar-refractivity contribution >= 4 is 17.6 Å². The Labute approximate surface area is 168 Å². The van der Waals surface area contributed by atoms with Crippen LogP contribution in [0.1, 0.15) is 57.8 Å². The fourth-order valence-corrected chi connectivity index (χ4v) is 4.51. The average molecular weight is 388 g/mol. The van der Waals surface area contributed by atoms with Gasteiger partial charge in [-0.3, -0.25) is 14.6 Å². The van der Waals surface area contributed by atoms with Gasteiger partial charge in [0.1, 0.15) is 0 Å². The maximum Gasteiger partial charge on any atom is 0.305 e. The molecule has 3 rings (SSSR count). The smallest absolute Gasteiger partial charge is 0.305 e. The summed E-state index contributed by atoms with van der Waals surface area (Å²) in [5, 5.41) is 0. The minimum atomic E-state index is -0.145. The van der Waals surface area contributed by atoms with Gasteiger partial charge >= 0.3 is 5.97 Å². The van der Waals surface area contributed by atoms with Crippen molar-refractivity contribution in [3.8, 4) is 0 Å². The second-order valence-corrected chi connectivity index (χ2v) is 8.25. The van der Waals surface area contributed by atoms with Gasteiger partial charge in [0.05, 0.1) is 7.11 Å². The molecule has 1 aromatic heterocycles. The molecule has 2 saturated heterocycles. The van der Waals surface area contributed by atoms with E-state index in [0.29, 0.717) is 24.2 Å². The van der Waals surface area contributed by atoms with E-state index in [4.69, 9.17) is 0 Å². The molecule has 0 saturated carbocycles. The number of hydrogen-bond acceptors (Lipinski definition) is 5. The van der Waals surface area contributed by atoms with E-state index in [1.54, 1.807) is 0 Å². The number of aromatic nitrogens is 1. The number of ether oxygens (including phenoxy) is 1. The van der Waals surface area contributed by atoms with Crippen LogP contribution in [0.15, 0.2) is 24.5 Å². The molecule has 28 heavy (non-hydrogen) atoms. The highest BCUT2D eigenvalue weighted by Crippen LogP contribution is 2.41. The molecule has 0 aliphatic carbocycles. The number of carbonyl (C=O) groups is 2. The molecular weight excluding hydrogens is 354 g/mol. The SMILES string of the molecule is COC(=O)CCCCCCC(=O)N1CCC2(CCN(c3ccncc3)CC2)C1. The van der Waals surface area contributed by atoms with Crippen molar-refractivity contribution in [2.45, 2.75) is 57.8 Å². The number of esters is 1. The first kappa shape index (κ1) is 20.6. The lowest BCUT2D eigenvalue weighted by molar-refractivity contribution is -0.140. The summed E-state index contributed by atoms with van der Waals surface area (Å²) in [6, 6.07) is 4.15. The number of rotatable bonds is 8. The molecule has 1 aromatic rings. The van der Waals surface area contributed by atoms with Crippen molar-refractivity contribution in [2.24, 2.45) is 5.41 Å². The van der Waals surface area contributed by atoms with E-state index in [-0.39, 0.29) is 5.97 Å². The lowest BCUT2D eigenvalue weighted by atomic mass is 9.77. The summed E-state index contributed by atoms with van der Waals surface area (Å²) in [6.45, 7) is 3.97. The van der Waals surface area contributed by atoms with E-state index >= 15 is 0 Å². The largest absolute Gasteiger partial charge is 0.469 e. The first-order chi connectivity index (χ1) is 13.6. The molecule has 0 radical (unpaired) electrons. The van der Waals surface area contributed by atoms with Gasteiger partial charge in [-0.15, -0.1) is 0 Å². The van der Waals surface area contributed by atoms with Crippen molar-refractivity contribution in [2.75, 3.05) is 38.2 Å². The molecule has 0 aromatic carbocycles. The zero-order valence-corrected chi connectivity index (χ0v) is 17.1. The van der Waals surface area contributed by atoms with Gasteiger partial charge in [0.15, 0.2) is 0 Å². The van der Waals surface area contributed by atoms with Gasteiger partial charge in [-0.1, -0.05) is 12.8 Å². The second kappa shape index (κ2) is 9.89. The number of piperidine rings is 1. The van der Waals surface area contributed by atoms with Crippen LogP contribution >= 0.6 is 0 Å². The third kappa shape index (κ3) is 5.46. The predicted octanol–water partition coefficient (Wildman–Crippen LogP) is 3.41. The summed E-state index contributed by atoms with van der Waals surface area (Å²) < 4.78 is 4.64. The van der Waals surface area contributed by atoms with Crippen LogP contribution in [-0.2, 0) is 14.3 Å². The van der Waals surface area contributed by atoms with Crippen molar-refractivity contribution in [3.05, 3.63) is 24.5 Å². The zero-order valence-electron chi connectivity index (χ0n) is 17.1. The summed E-state index contributed by atoms with van der Waals surface area (Å²) in [6.07, 6.45) is 12.0. The van der Waals surface area contributed by atoms with Crippen molar-refractivity contribution < 1.29 is 14.3 Å². The number of hydrogen-bond donors (Lipinski definition) is 0. The third-order valence-electron chi connectivity index (χ3n) is 6.39. The van der Waals surface area contributed by atoms with Crippen molar-refractivity contribution in [3.63, 3.8) is 0 Å². The minimum Gasteiger partial charge on any atom is -0.469 e. The molecule has 2 aliphatic heterocycles. The first-order valence-electron chi connectivity index (χ1n) is 10.6. The van der Waals surface area contributed by atoms with E-state index in [9.17, 15) is 9.59 Å². The summed E-state index contributed by atoms with van der Waals surface area (Å²) in [5.74, 6) is 0.162. The third-order valence-corrected chi connectivity index (χ3v) is 6.39. The molecule has 0 unspecified atom stereocenters. The van der Waals surface area contributed by atoms with Crippen LogP contribution in [0, 0.1) is 5.41 Å². The predicted molar refractivity (Wildman–Crippen MR) is 109 cm³/mol.